The minimum absolute atomic E-state index is 0.00647. The summed E-state index contributed by atoms with van der Waals surface area (Å²) in [6.07, 6.45) is 1.55. The maximum absolute atomic E-state index is 12.7. The average Bonchev–Trinajstić information content (AvgIpc) is 2.86. The van der Waals surface area contributed by atoms with Crippen molar-refractivity contribution in [3.05, 3.63) is 108 Å². The Balaban J connectivity index is 1.47. The first-order chi connectivity index (χ1) is 16.7. The second-order valence-electron chi connectivity index (χ2n) is 7.58. The highest BCUT2D eigenvalue weighted by atomic mass is 16.5. The highest BCUT2D eigenvalue weighted by Crippen LogP contribution is 2.23. The summed E-state index contributed by atoms with van der Waals surface area (Å²) >= 11 is 0. The van der Waals surface area contributed by atoms with Gasteiger partial charge in [0.25, 0.3) is 5.91 Å². The third kappa shape index (κ3) is 5.62. The van der Waals surface area contributed by atoms with Gasteiger partial charge in [-0.2, -0.15) is 5.26 Å². The van der Waals surface area contributed by atoms with E-state index in [1.54, 1.807) is 24.3 Å². The first-order valence-corrected chi connectivity index (χ1v) is 11.0. The molecule has 0 atom stereocenters. The fraction of sp³-hybridized carbons (Fsp3) is 0.103. The second-order valence-corrected chi connectivity index (χ2v) is 7.58. The predicted molar refractivity (Wildman–Crippen MR) is 135 cm³/mol. The van der Waals surface area contributed by atoms with Crippen LogP contribution in [0.25, 0.3) is 16.8 Å². The molecule has 0 aromatic heterocycles. The molecule has 0 aliphatic carbocycles. The Labute approximate surface area is 198 Å². The van der Waals surface area contributed by atoms with Crippen LogP contribution in [0.5, 0.6) is 11.5 Å². The maximum atomic E-state index is 12.7. The third-order valence-electron chi connectivity index (χ3n) is 5.21. The molecule has 0 unspecified atom stereocenters. The number of benzene rings is 4. The molecule has 5 heteroatoms. The maximum Gasteiger partial charge on any atom is 0.266 e. The molecule has 1 amide bonds. The lowest BCUT2D eigenvalue weighted by molar-refractivity contribution is -0.112. The van der Waals surface area contributed by atoms with E-state index >= 15 is 0 Å². The number of rotatable bonds is 8. The smallest absolute Gasteiger partial charge is 0.266 e. The van der Waals surface area contributed by atoms with Crippen molar-refractivity contribution in [2.45, 2.75) is 13.5 Å². The summed E-state index contributed by atoms with van der Waals surface area (Å²) in [5.74, 6) is 0.820. The monoisotopic (exact) mass is 448 g/mol. The Morgan fingerprint density at radius 2 is 1.65 bits per heavy atom. The van der Waals surface area contributed by atoms with Gasteiger partial charge in [-0.25, -0.2) is 0 Å². The molecule has 0 radical (unpaired) electrons. The van der Waals surface area contributed by atoms with Crippen molar-refractivity contribution >= 4 is 28.4 Å². The van der Waals surface area contributed by atoms with Crippen LogP contribution in [0.15, 0.2) is 96.6 Å². The Bertz CT molecular complexity index is 1380. The molecule has 1 N–H and O–H groups in total. The summed E-state index contributed by atoms with van der Waals surface area (Å²) in [5, 5.41) is 14.6. The number of ether oxygens (including phenoxy) is 2. The number of anilines is 1. The van der Waals surface area contributed by atoms with Crippen molar-refractivity contribution in [1.82, 2.24) is 0 Å². The molecule has 0 fully saturated rings. The predicted octanol–water partition coefficient (Wildman–Crippen LogP) is 6.36. The molecule has 168 valence electrons. The Hall–Kier alpha value is -4.56. The first kappa shape index (κ1) is 22.6. The van der Waals surface area contributed by atoms with Crippen LogP contribution in [0.2, 0.25) is 0 Å². The van der Waals surface area contributed by atoms with Crippen molar-refractivity contribution in [3.8, 4) is 17.6 Å². The van der Waals surface area contributed by atoms with Crippen LogP contribution in [-0.2, 0) is 11.4 Å². The molecule has 0 bridgehead atoms. The zero-order chi connectivity index (χ0) is 23.8. The summed E-state index contributed by atoms with van der Waals surface area (Å²) in [6, 6.07) is 30.7. The van der Waals surface area contributed by atoms with Crippen molar-refractivity contribution in [1.29, 1.82) is 5.26 Å². The number of amides is 1. The van der Waals surface area contributed by atoms with E-state index in [0.29, 0.717) is 36.0 Å². The van der Waals surface area contributed by atoms with Gasteiger partial charge in [-0.15, -0.1) is 0 Å². The van der Waals surface area contributed by atoms with Crippen molar-refractivity contribution in [2.24, 2.45) is 0 Å². The van der Waals surface area contributed by atoms with Gasteiger partial charge in [-0.3, -0.25) is 4.79 Å². The summed E-state index contributed by atoms with van der Waals surface area (Å²) < 4.78 is 11.5. The fourth-order valence-corrected chi connectivity index (χ4v) is 3.62. The molecule has 34 heavy (non-hydrogen) atoms. The number of carbonyl (C=O) groups is 1. The highest BCUT2D eigenvalue weighted by molar-refractivity contribution is 6.09. The van der Waals surface area contributed by atoms with Crippen LogP contribution in [0.4, 0.5) is 5.69 Å². The van der Waals surface area contributed by atoms with Crippen molar-refractivity contribution < 1.29 is 14.3 Å². The second kappa shape index (κ2) is 10.8. The van der Waals surface area contributed by atoms with Crippen LogP contribution in [0.1, 0.15) is 18.1 Å². The van der Waals surface area contributed by atoms with E-state index in [0.717, 1.165) is 16.3 Å². The van der Waals surface area contributed by atoms with E-state index in [9.17, 15) is 10.1 Å². The molecule has 0 aliphatic heterocycles. The van der Waals surface area contributed by atoms with Crippen LogP contribution >= 0.6 is 0 Å². The van der Waals surface area contributed by atoms with Gasteiger partial charge in [-0.05, 0) is 59.2 Å². The zero-order valence-electron chi connectivity index (χ0n) is 18.8. The summed E-state index contributed by atoms with van der Waals surface area (Å²) in [5.41, 5.74) is 2.34. The molecule has 0 spiro atoms. The van der Waals surface area contributed by atoms with E-state index in [4.69, 9.17) is 9.47 Å². The molecule has 0 saturated heterocycles. The molecule has 0 saturated carbocycles. The topological polar surface area (TPSA) is 71.3 Å². The number of hydrogen-bond donors (Lipinski definition) is 1. The lowest BCUT2D eigenvalue weighted by atomic mass is 10.1. The van der Waals surface area contributed by atoms with E-state index in [1.165, 1.54) is 0 Å². The largest absolute Gasteiger partial charge is 0.494 e. The summed E-state index contributed by atoms with van der Waals surface area (Å²) in [4.78, 5) is 12.7. The zero-order valence-corrected chi connectivity index (χ0v) is 18.8. The van der Waals surface area contributed by atoms with Crippen LogP contribution < -0.4 is 14.8 Å². The van der Waals surface area contributed by atoms with Crippen molar-refractivity contribution in [3.63, 3.8) is 0 Å². The Morgan fingerprint density at radius 3 is 2.47 bits per heavy atom. The van der Waals surface area contributed by atoms with Crippen LogP contribution in [0, 0.1) is 11.3 Å². The number of fused-ring (bicyclic) bond motifs is 1. The minimum atomic E-state index is -0.488. The van der Waals surface area contributed by atoms with E-state index < -0.39 is 5.91 Å². The molecular formula is C29H24N2O3. The van der Waals surface area contributed by atoms with Gasteiger partial charge in [0.15, 0.2) is 0 Å². The van der Waals surface area contributed by atoms with Gasteiger partial charge < -0.3 is 14.8 Å². The first-order valence-electron chi connectivity index (χ1n) is 11.0. The van der Waals surface area contributed by atoms with Crippen LogP contribution in [-0.4, -0.2) is 12.5 Å². The molecule has 4 rings (SSSR count). The normalized spacial score (nSPS) is 11.0. The molecule has 0 aliphatic rings. The molecular weight excluding hydrogens is 424 g/mol. The van der Waals surface area contributed by atoms with E-state index in [-0.39, 0.29) is 5.57 Å². The molecule has 4 aromatic rings. The standard InChI is InChI=1S/C29H24N2O3/c1-2-33-27-14-7-12-25(18-27)31-29(32)24(19-30)16-21-8-5-13-26(17-21)34-20-23-11-6-10-22-9-3-4-15-28(22)23/h3-18H,2,20H2,1H3,(H,31,32)/b24-16+. The van der Waals surface area contributed by atoms with E-state index in [2.05, 4.69) is 23.5 Å². The molecule has 4 aromatic carbocycles. The van der Waals surface area contributed by atoms with Gasteiger partial charge >= 0.3 is 0 Å². The summed E-state index contributed by atoms with van der Waals surface area (Å²) in [6.45, 7) is 2.83. The van der Waals surface area contributed by atoms with Crippen molar-refractivity contribution in [2.75, 3.05) is 11.9 Å². The number of nitrogens with one attached hydrogen (secondary N) is 1. The molecule has 0 heterocycles. The Morgan fingerprint density at radius 1 is 0.912 bits per heavy atom. The van der Waals surface area contributed by atoms with E-state index in [1.807, 2.05) is 67.6 Å². The van der Waals surface area contributed by atoms with Gasteiger partial charge in [0, 0.05) is 11.8 Å². The quantitative estimate of drug-likeness (QED) is 0.251. The molecule has 5 nitrogen and oxygen atoms in total. The van der Waals surface area contributed by atoms with Gasteiger partial charge in [-0.1, -0.05) is 60.7 Å². The number of nitrogens with zero attached hydrogens (tertiary/aromatic N) is 1. The third-order valence-corrected chi connectivity index (χ3v) is 5.21. The number of carbonyl (C=O) groups excluding carboxylic acids is 1. The lowest BCUT2D eigenvalue weighted by Crippen LogP contribution is -2.13. The highest BCUT2D eigenvalue weighted by Gasteiger charge is 2.11. The van der Waals surface area contributed by atoms with Gasteiger partial charge in [0.05, 0.1) is 6.61 Å². The lowest BCUT2D eigenvalue weighted by Gasteiger charge is -2.10. The number of nitriles is 1. The Kier molecular flexibility index (Phi) is 7.22. The SMILES string of the molecule is CCOc1cccc(NC(=O)/C(C#N)=C/c2cccc(OCc3cccc4ccccc34)c2)c1. The minimum Gasteiger partial charge on any atom is -0.494 e. The summed E-state index contributed by atoms with van der Waals surface area (Å²) in [7, 11) is 0. The fourth-order valence-electron chi connectivity index (χ4n) is 3.62. The van der Waals surface area contributed by atoms with Gasteiger partial charge in [0.1, 0.15) is 29.7 Å². The van der Waals surface area contributed by atoms with Gasteiger partial charge in [0.2, 0.25) is 0 Å². The number of hydrogen-bond acceptors (Lipinski definition) is 4. The van der Waals surface area contributed by atoms with Crippen LogP contribution in [0.3, 0.4) is 0 Å². The average molecular weight is 449 g/mol.